The Balaban J connectivity index is 2.81. The second kappa shape index (κ2) is 4.07. The Hall–Kier alpha value is -0.603. The van der Waals surface area contributed by atoms with Gasteiger partial charge in [0, 0.05) is 0 Å². The van der Waals surface area contributed by atoms with Crippen LogP contribution in [0.5, 0.6) is 0 Å². The van der Waals surface area contributed by atoms with E-state index in [4.69, 9.17) is 5.73 Å². The van der Waals surface area contributed by atoms with Gasteiger partial charge in [-0.2, -0.15) is 0 Å². The van der Waals surface area contributed by atoms with Crippen molar-refractivity contribution in [3.05, 3.63) is 29.8 Å². The molecule has 0 aliphatic rings. The molecule has 1 rings (SSSR count). The fourth-order valence-corrected chi connectivity index (χ4v) is 2.50. The molecule has 0 unspecified atom stereocenters. The van der Waals surface area contributed by atoms with Crippen molar-refractivity contribution in [3.63, 3.8) is 0 Å². The first-order valence-electron chi connectivity index (χ1n) is 4.83. The molecule has 0 heterocycles. The predicted octanol–water partition coefficient (Wildman–Crippen LogP) is 1.73. The monoisotopic (exact) mass is 193 g/mol. The number of rotatable bonds is 3. The van der Waals surface area contributed by atoms with Crippen LogP contribution in [-0.2, 0) is 6.42 Å². The second-order valence-electron chi connectivity index (χ2n) is 4.49. The molecule has 0 aromatic heterocycles. The van der Waals surface area contributed by atoms with Gasteiger partial charge in [0.1, 0.15) is 0 Å². The van der Waals surface area contributed by atoms with Crippen LogP contribution in [0, 0.1) is 0 Å². The lowest BCUT2D eigenvalue weighted by molar-refractivity contribution is 0.969. The molecule has 1 nitrogen and oxygen atoms in total. The molecule has 2 N–H and O–H groups in total. The highest BCUT2D eigenvalue weighted by atomic mass is 28.3. The lowest BCUT2D eigenvalue weighted by Crippen LogP contribution is -2.37. The number of hydrogen-bond donors (Lipinski definition) is 1. The molecule has 1 aromatic carbocycles. The molecule has 0 aliphatic heterocycles. The number of benzene rings is 1. The summed E-state index contributed by atoms with van der Waals surface area (Å²) in [4.78, 5) is 0. The topological polar surface area (TPSA) is 26.0 Å². The van der Waals surface area contributed by atoms with Gasteiger partial charge >= 0.3 is 0 Å². The molecule has 0 bridgehead atoms. The second-order valence-corrected chi connectivity index (χ2v) is 9.56. The molecular weight excluding hydrogens is 174 g/mol. The third-order valence-corrected chi connectivity index (χ3v) is 4.32. The predicted molar refractivity (Wildman–Crippen MR) is 62.2 cm³/mol. The number of nitrogens with two attached hydrogens (primary N) is 1. The van der Waals surface area contributed by atoms with Gasteiger partial charge in [-0.15, -0.1) is 0 Å². The van der Waals surface area contributed by atoms with Crippen LogP contribution >= 0.6 is 0 Å². The first-order valence-corrected chi connectivity index (χ1v) is 8.33. The molecular formula is C11H19NSi. The van der Waals surface area contributed by atoms with E-state index in [0.717, 1.165) is 13.0 Å². The van der Waals surface area contributed by atoms with E-state index in [2.05, 4.69) is 43.9 Å². The Morgan fingerprint density at radius 3 is 2.00 bits per heavy atom. The summed E-state index contributed by atoms with van der Waals surface area (Å²) in [6.07, 6.45) is 0.992. The minimum Gasteiger partial charge on any atom is -0.330 e. The third-order valence-electron chi connectivity index (χ3n) is 2.25. The smallest absolute Gasteiger partial charge is 0.0775 e. The summed E-state index contributed by atoms with van der Waals surface area (Å²) in [5.74, 6) is 0. The molecule has 2 heteroatoms. The summed E-state index contributed by atoms with van der Waals surface area (Å²) in [5.41, 5.74) is 6.84. The zero-order chi connectivity index (χ0) is 9.90. The maximum atomic E-state index is 5.49. The summed E-state index contributed by atoms with van der Waals surface area (Å²) in [5, 5.41) is 1.52. The minimum atomic E-state index is -1.11. The normalized spacial score (nSPS) is 11.7. The number of hydrogen-bond acceptors (Lipinski definition) is 1. The lowest BCUT2D eigenvalue weighted by atomic mass is 10.2. The molecule has 0 saturated heterocycles. The van der Waals surface area contributed by atoms with Crippen molar-refractivity contribution in [1.29, 1.82) is 0 Å². The first kappa shape index (κ1) is 10.5. The fourth-order valence-electron chi connectivity index (χ4n) is 1.34. The quantitative estimate of drug-likeness (QED) is 0.727. The van der Waals surface area contributed by atoms with Gasteiger partial charge in [0.15, 0.2) is 0 Å². The van der Waals surface area contributed by atoms with Crippen LogP contribution in [0.3, 0.4) is 0 Å². The third kappa shape index (κ3) is 2.97. The lowest BCUT2D eigenvalue weighted by Gasteiger charge is -2.16. The van der Waals surface area contributed by atoms with Crippen molar-refractivity contribution in [2.75, 3.05) is 6.54 Å². The van der Waals surface area contributed by atoms with Crippen LogP contribution in [0.25, 0.3) is 0 Å². The van der Waals surface area contributed by atoms with Gasteiger partial charge in [-0.3, -0.25) is 0 Å². The molecule has 0 aliphatic carbocycles. The highest BCUT2D eigenvalue weighted by molar-refractivity contribution is 6.88. The van der Waals surface area contributed by atoms with Crippen molar-refractivity contribution in [3.8, 4) is 0 Å². The standard InChI is InChI=1S/C11H19NSi/c1-13(2,3)11-6-4-10(5-7-11)8-9-12/h4-7H,8-9,12H2,1-3H3. The maximum Gasteiger partial charge on any atom is 0.0775 e. The Kier molecular flexibility index (Phi) is 3.28. The molecule has 0 saturated carbocycles. The molecule has 13 heavy (non-hydrogen) atoms. The molecule has 72 valence electrons. The van der Waals surface area contributed by atoms with Gasteiger partial charge < -0.3 is 5.73 Å². The summed E-state index contributed by atoms with van der Waals surface area (Å²) < 4.78 is 0. The average Bonchev–Trinajstić information content (AvgIpc) is 2.04. The van der Waals surface area contributed by atoms with Crippen molar-refractivity contribution >= 4 is 13.3 Å². The van der Waals surface area contributed by atoms with Gasteiger partial charge in [0.2, 0.25) is 0 Å². The van der Waals surface area contributed by atoms with Crippen LogP contribution in [-0.4, -0.2) is 14.6 Å². The summed E-state index contributed by atoms with van der Waals surface area (Å²) >= 11 is 0. The Morgan fingerprint density at radius 2 is 1.62 bits per heavy atom. The molecule has 1 aromatic rings. The van der Waals surface area contributed by atoms with E-state index in [1.165, 1.54) is 10.8 Å². The van der Waals surface area contributed by atoms with E-state index < -0.39 is 8.07 Å². The van der Waals surface area contributed by atoms with E-state index in [-0.39, 0.29) is 0 Å². The maximum absolute atomic E-state index is 5.49. The zero-order valence-electron chi connectivity index (χ0n) is 8.80. The van der Waals surface area contributed by atoms with Crippen LogP contribution < -0.4 is 10.9 Å². The summed E-state index contributed by atoms with van der Waals surface area (Å²) in [6, 6.07) is 8.94. The van der Waals surface area contributed by atoms with Crippen LogP contribution in [0.4, 0.5) is 0 Å². The van der Waals surface area contributed by atoms with Crippen LogP contribution in [0.15, 0.2) is 24.3 Å². The van der Waals surface area contributed by atoms with E-state index in [9.17, 15) is 0 Å². The highest BCUT2D eigenvalue weighted by Crippen LogP contribution is 2.04. The van der Waals surface area contributed by atoms with Gasteiger partial charge in [-0.1, -0.05) is 49.1 Å². The summed E-state index contributed by atoms with van der Waals surface area (Å²) in [7, 11) is -1.11. The van der Waals surface area contributed by atoms with Crippen LogP contribution in [0.2, 0.25) is 19.6 Å². The van der Waals surface area contributed by atoms with E-state index in [1.807, 2.05) is 0 Å². The van der Waals surface area contributed by atoms with Gasteiger partial charge in [-0.25, -0.2) is 0 Å². The molecule has 0 fully saturated rings. The SMILES string of the molecule is C[Si](C)(C)c1ccc(CCN)cc1. The van der Waals surface area contributed by atoms with E-state index in [0.29, 0.717) is 0 Å². The van der Waals surface area contributed by atoms with Crippen molar-refractivity contribution < 1.29 is 0 Å². The minimum absolute atomic E-state index is 0.742. The Morgan fingerprint density at radius 1 is 1.08 bits per heavy atom. The summed E-state index contributed by atoms with van der Waals surface area (Å²) in [6.45, 7) is 7.84. The Labute approximate surface area is 82.0 Å². The van der Waals surface area contributed by atoms with Crippen molar-refractivity contribution in [1.82, 2.24) is 0 Å². The van der Waals surface area contributed by atoms with Gasteiger partial charge in [-0.05, 0) is 18.5 Å². The van der Waals surface area contributed by atoms with E-state index >= 15 is 0 Å². The molecule has 0 amide bonds. The van der Waals surface area contributed by atoms with E-state index in [1.54, 1.807) is 0 Å². The fraction of sp³-hybridized carbons (Fsp3) is 0.455. The van der Waals surface area contributed by atoms with Crippen LogP contribution in [0.1, 0.15) is 5.56 Å². The van der Waals surface area contributed by atoms with Crippen molar-refractivity contribution in [2.45, 2.75) is 26.1 Å². The largest absolute Gasteiger partial charge is 0.330 e. The van der Waals surface area contributed by atoms with Gasteiger partial charge in [0.05, 0.1) is 8.07 Å². The molecule has 0 atom stereocenters. The zero-order valence-corrected chi connectivity index (χ0v) is 9.80. The van der Waals surface area contributed by atoms with Gasteiger partial charge in [0.25, 0.3) is 0 Å². The molecule has 0 spiro atoms. The van der Waals surface area contributed by atoms with Crippen molar-refractivity contribution in [2.24, 2.45) is 5.73 Å². The molecule has 0 radical (unpaired) electrons. The highest BCUT2D eigenvalue weighted by Gasteiger charge is 2.15. The average molecular weight is 193 g/mol. The first-order chi connectivity index (χ1) is 6.04. The Bertz CT molecular complexity index is 258.